The van der Waals surface area contributed by atoms with Crippen molar-refractivity contribution in [2.45, 2.75) is 0 Å². The monoisotopic (exact) mass is 335 g/mol. The standard InChI is InChI=1S/C14H14BrN3O2/c15-11-10-16-4-3-12(11)17-5-7-18(8-6-17)14(19)13-2-1-9-20-13/h1-4,9-10H,5-8H2. The maximum Gasteiger partial charge on any atom is 0.289 e. The van der Waals surface area contributed by atoms with Crippen LogP contribution >= 0.6 is 15.9 Å². The Morgan fingerprint density at radius 2 is 2.05 bits per heavy atom. The molecule has 2 aromatic heterocycles. The summed E-state index contributed by atoms with van der Waals surface area (Å²) in [6, 6.07) is 5.42. The van der Waals surface area contributed by atoms with Crippen LogP contribution in [0.25, 0.3) is 0 Å². The van der Waals surface area contributed by atoms with E-state index in [4.69, 9.17) is 4.42 Å². The molecule has 1 fully saturated rings. The lowest BCUT2D eigenvalue weighted by Crippen LogP contribution is -2.48. The second-order valence-corrected chi connectivity index (χ2v) is 5.44. The molecule has 0 atom stereocenters. The first-order chi connectivity index (χ1) is 9.75. The van der Waals surface area contributed by atoms with Gasteiger partial charge in [-0.3, -0.25) is 9.78 Å². The molecule has 6 heteroatoms. The van der Waals surface area contributed by atoms with Crippen LogP contribution in [-0.4, -0.2) is 42.0 Å². The molecule has 0 radical (unpaired) electrons. The third kappa shape index (κ3) is 2.56. The van der Waals surface area contributed by atoms with Crippen LogP contribution in [0.2, 0.25) is 0 Å². The van der Waals surface area contributed by atoms with E-state index < -0.39 is 0 Å². The Balaban J connectivity index is 1.65. The quantitative estimate of drug-likeness (QED) is 0.845. The number of carbonyl (C=O) groups is 1. The van der Waals surface area contributed by atoms with E-state index in [-0.39, 0.29) is 5.91 Å². The molecule has 0 aliphatic carbocycles. The molecule has 3 heterocycles. The molecule has 0 bridgehead atoms. The summed E-state index contributed by atoms with van der Waals surface area (Å²) in [5.41, 5.74) is 1.12. The number of amides is 1. The van der Waals surface area contributed by atoms with Gasteiger partial charge in [-0.05, 0) is 34.1 Å². The van der Waals surface area contributed by atoms with Gasteiger partial charge in [0.1, 0.15) is 0 Å². The van der Waals surface area contributed by atoms with Gasteiger partial charge in [-0.2, -0.15) is 0 Å². The van der Waals surface area contributed by atoms with Gasteiger partial charge in [0.15, 0.2) is 5.76 Å². The van der Waals surface area contributed by atoms with Crippen molar-refractivity contribution in [3.63, 3.8) is 0 Å². The van der Waals surface area contributed by atoms with Gasteiger partial charge < -0.3 is 14.2 Å². The Kier molecular flexibility index (Phi) is 3.73. The SMILES string of the molecule is O=C(c1ccco1)N1CCN(c2ccncc2Br)CC1. The second-order valence-electron chi connectivity index (χ2n) is 4.58. The van der Waals surface area contributed by atoms with Crippen LogP contribution in [0.3, 0.4) is 0 Å². The molecule has 1 aliphatic rings. The van der Waals surface area contributed by atoms with E-state index in [0.717, 1.165) is 23.2 Å². The molecule has 0 aromatic carbocycles. The number of hydrogen-bond donors (Lipinski definition) is 0. The van der Waals surface area contributed by atoms with Crippen molar-refractivity contribution < 1.29 is 9.21 Å². The van der Waals surface area contributed by atoms with E-state index >= 15 is 0 Å². The summed E-state index contributed by atoms with van der Waals surface area (Å²) >= 11 is 3.51. The summed E-state index contributed by atoms with van der Waals surface area (Å²) < 4.78 is 6.14. The molecule has 0 spiro atoms. The molecule has 3 rings (SSSR count). The number of nitrogens with zero attached hydrogens (tertiary/aromatic N) is 3. The summed E-state index contributed by atoms with van der Waals surface area (Å²) in [5, 5.41) is 0. The van der Waals surface area contributed by atoms with Gasteiger partial charge in [-0.1, -0.05) is 0 Å². The molecular formula is C14H14BrN3O2. The number of anilines is 1. The third-order valence-electron chi connectivity index (χ3n) is 3.39. The number of aromatic nitrogens is 1. The highest BCUT2D eigenvalue weighted by Gasteiger charge is 2.24. The molecule has 20 heavy (non-hydrogen) atoms. The number of carbonyl (C=O) groups excluding carboxylic acids is 1. The predicted molar refractivity (Wildman–Crippen MR) is 78.8 cm³/mol. The van der Waals surface area contributed by atoms with E-state index in [2.05, 4.69) is 25.8 Å². The maximum atomic E-state index is 12.2. The normalized spacial score (nSPS) is 15.4. The first-order valence-corrected chi connectivity index (χ1v) is 7.22. The number of furan rings is 1. The average Bonchev–Trinajstić information content (AvgIpc) is 3.01. The Labute approximate surface area is 125 Å². The van der Waals surface area contributed by atoms with Crippen LogP contribution in [0.4, 0.5) is 5.69 Å². The zero-order valence-electron chi connectivity index (χ0n) is 10.8. The highest BCUT2D eigenvalue weighted by atomic mass is 79.9. The van der Waals surface area contributed by atoms with Crippen molar-refractivity contribution in [2.24, 2.45) is 0 Å². The van der Waals surface area contributed by atoms with Gasteiger partial charge in [0.25, 0.3) is 5.91 Å². The minimum Gasteiger partial charge on any atom is -0.459 e. The van der Waals surface area contributed by atoms with E-state index in [1.807, 2.05) is 11.0 Å². The molecular weight excluding hydrogens is 322 g/mol. The van der Waals surface area contributed by atoms with E-state index in [1.165, 1.54) is 6.26 Å². The number of piperazine rings is 1. The zero-order valence-corrected chi connectivity index (χ0v) is 12.4. The largest absolute Gasteiger partial charge is 0.459 e. The molecule has 2 aromatic rings. The summed E-state index contributed by atoms with van der Waals surface area (Å²) in [6.45, 7) is 2.98. The maximum absolute atomic E-state index is 12.2. The number of rotatable bonds is 2. The zero-order chi connectivity index (χ0) is 13.9. The summed E-state index contributed by atoms with van der Waals surface area (Å²) in [4.78, 5) is 20.3. The van der Waals surface area contributed by atoms with Crippen molar-refractivity contribution in [1.29, 1.82) is 0 Å². The number of halogens is 1. The molecule has 5 nitrogen and oxygen atoms in total. The van der Waals surface area contributed by atoms with Crippen molar-refractivity contribution in [2.75, 3.05) is 31.1 Å². The predicted octanol–water partition coefficient (Wildman–Crippen LogP) is 2.40. The lowest BCUT2D eigenvalue weighted by Gasteiger charge is -2.36. The molecule has 1 amide bonds. The third-order valence-corrected chi connectivity index (χ3v) is 4.00. The summed E-state index contributed by atoms with van der Waals surface area (Å²) in [6.07, 6.45) is 5.09. The average molecular weight is 336 g/mol. The first kappa shape index (κ1) is 13.2. The fraction of sp³-hybridized carbons (Fsp3) is 0.286. The van der Waals surface area contributed by atoms with Gasteiger partial charge in [0.2, 0.25) is 0 Å². The van der Waals surface area contributed by atoms with Gasteiger partial charge in [-0.25, -0.2) is 0 Å². The molecule has 0 unspecified atom stereocenters. The van der Waals surface area contributed by atoms with Crippen LogP contribution in [0.15, 0.2) is 45.7 Å². The molecule has 0 N–H and O–H groups in total. The van der Waals surface area contributed by atoms with Crippen LogP contribution in [0.1, 0.15) is 10.6 Å². The molecule has 104 valence electrons. The van der Waals surface area contributed by atoms with E-state index in [0.29, 0.717) is 18.8 Å². The molecule has 1 aliphatic heterocycles. The van der Waals surface area contributed by atoms with Crippen molar-refractivity contribution in [1.82, 2.24) is 9.88 Å². The second kappa shape index (κ2) is 5.66. The van der Waals surface area contributed by atoms with Crippen molar-refractivity contribution in [3.8, 4) is 0 Å². The highest BCUT2D eigenvalue weighted by Crippen LogP contribution is 2.25. The van der Waals surface area contributed by atoms with Gasteiger partial charge in [0, 0.05) is 38.6 Å². The van der Waals surface area contributed by atoms with Crippen molar-refractivity contribution >= 4 is 27.5 Å². The van der Waals surface area contributed by atoms with E-state index in [9.17, 15) is 4.79 Å². The van der Waals surface area contributed by atoms with Crippen LogP contribution in [0.5, 0.6) is 0 Å². The Bertz CT molecular complexity index is 592. The lowest BCUT2D eigenvalue weighted by atomic mass is 10.2. The minimum atomic E-state index is -0.0385. The lowest BCUT2D eigenvalue weighted by molar-refractivity contribution is 0.0714. The van der Waals surface area contributed by atoms with Gasteiger partial charge in [-0.15, -0.1) is 0 Å². The van der Waals surface area contributed by atoms with E-state index in [1.54, 1.807) is 24.5 Å². The van der Waals surface area contributed by atoms with Gasteiger partial charge >= 0.3 is 0 Å². The van der Waals surface area contributed by atoms with Crippen molar-refractivity contribution in [3.05, 3.63) is 47.1 Å². The molecule has 1 saturated heterocycles. The number of pyridine rings is 1. The fourth-order valence-electron chi connectivity index (χ4n) is 2.33. The van der Waals surface area contributed by atoms with Crippen LogP contribution < -0.4 is 4.90 Å². The Morgan fingerprint density at radius 3 is 2.70 bits per heavy atom. The van der Waals surface area contributed by atoms with Gasteiger partial charge in [0.05, 0.1) is 16.4 Å². The minimum absolute atomic E-state index is 0.0385. The Hall–Kier alpha value is -1.82. The first-order valence-electron chi connectivity index (χ1n) is 6.43. The topological polar surface area (TPSA) is 49.6 Å². The smallest absolute Gasteiger partial charge is 0.289 e. The Morgan fingerprint density at radius 1 is 1.25 bits per heavy atom. The number of hydrogen-bond acceptors (Lipinski definition) is 4. The van der Waals surface area contributed by atoms with Crippen LogP contribution in [-0.2, 0) is 0 Å². The summed E-state index contributed by atoms with van der Waals surface area (Å²) in [7, 11) is 0. The highest BCUT2D eigenvalue weighted by molar-refractivity contribution is 9.10. The van der Waals surface area contributed by atoms with Crippen LogP contribution in [0, 0.1) is 0 Å². The summed E-state index contributed by atoms with van der Waals surface area (Å²) in [5.74, 6) is 0.368. The fourth-order valence-corrected chi connectivity index (χ4v) is 2.83. The molecule has 0 saturated carbocycles.